The molecule has 0 nitrogen and oxygen atoms in total. The highest BCUT2D eigenvalue weighted by molar-refractivity contribution is 9.10. The number of fused-ring (bicyclic) bond motifs is 1. The molecule has 2 aromatic heterocycles. The van der Waals surface area contributed by atoms with Crippen LogP contribution in [0.15, 0.2) is 34.1 Å². The summed E-state index contributed by atoms with van der Waals surface area (Å²) in [4.78, 5) is 0. The van der Waals surface area contributed by atoms with Gasteiger partial charge < -0.3 is 0 Å². The maximum atomic E-state index is 5.23. The van der Waals surface area contributed by atoms with Crippen molar-refractivity contribution < 1.29 is 0 Å². The summed E-state index contributed by atoms with van der Waals surface area (Å²) in [7, 11) is 0. The van der Waals surface area contributed by atoms with E-state index in [-0.39, 0.29) is 0 Å². The Morgan fingerprint density at radius 3 is 2.56 bits per heavy atom. The van der Waals surface area contributed by atoms with Crippen LogP contribution in [0.2, 0.25) is 0 Å². The summed E-state index contributed by atoms with van der Waals surface area (Å²) in [5.41, 5.74) is 2.57. The van der Waals surface area contributed by atoms with Gasteiger partial charge in [-0.2, -0.15) is 0 Å². The van der Waals surface area contributed by atoms with E-state index in [1.54, 1.807) is 34.0 Å². The normalized spacial score (nSPS) is 11.1. The molecule has 0 fully saturated rings. The van der Waals surface area contributed by atoms with Gasteiger partial charge in [-0.05, 0) is 17.7 Å². The lowest BCUT2D eigenvalue weighted by atomic mass is 10.1. The summed E-state index contributed by atoms with van der Waals surface area (Å²) >= 11 is 13.9. The van der Waals surface area contributed by atoms with Crippen LogP contribution in [0.3, 0.4) is 0 Å². The number of hydrogen-bond acceptors (Lipinski definition) is 4. The zero-order valence-electron chi connectivity index (χ0n) is 7.90. The topological polar surface area (TPSA) is 0 Å². The average Bonchev–Trinajstić information content (AvgIpc) is 2.78. The van der Waals surface area contributed by atoms with Gasteiger partial charge in [-0.1, -0.05) is 40.3 Å². The third-order valence-corrected chi connectivity index (χ3v) is 6.68. The number of thiophene rings is 1. The van der Waals surface area contributed by atoms with Gasteiger partial charge in [0.15, 0.2) is 0 Å². The first-order chi connectivity index (χ1) is 7.74. The monoisotopic (exact) mass is 344 g/mol. The van der Waals surface area contributed by atoms with Crippen molar-refractivity contribution in [3.63, 3.8) is 0 Å². The van der Waals surface area contributed by atoms with Gasteiger partial charge in [-0.3, -0.25) is 0 Å². The molecular weight excluding hydrogens is 340 g/mol. The van der Waals surface area contributed by atoms with Gasteiger partial charge in [-0.25, -0.2) is 0 Å². The Kier molecular flexibility index (Phi) is 2.97. The molecule has 3 rings (SSSR count). The Hall–Kier alpha value is -0.0700. The molecular formula is C11H5BrS4. The minimum atomic E-state index is 1.01. The molecule has 16 heavy (non-hydrogen) atoms. The Labute approximate surface area is 118 Å². The van der Waals surface area contributed by atoms with Crippen molar-refractivity contribution >= 4 is 70.9 Å². The van der Waals surface area contributed by atoms with Gasteiger partial charge >= 0.3 is 0 Å². The Morgan fingerprint density at radius 1 is 1.06 bits per heavy atom. The highest BCUT2D eigenvalue weighted by atomic mass is 79.9. The molecule has 2 heterocycles. The fourth-order valence-corrected chi connectivity index (χ4v) is 6.02. The van der Waals surface area contributed by atoms with Gasteiger partial charge in [-0.15, -0.1) is 34.0 Å². The van der Waals surface area contributed by atoms with Gasteiger partial charge in [0.1, 0.15) is 3.14 Å². The maximum absolute atomic E-state index is 5.23. The smallest absolute Gasteiger partial charge is 0.131 e. The highest BCUT2D eigenvalue weighted by Gasteiger charge is 2.08. The molecule has 0 bridgehead atoms. The molecule has 0 unspecified atom stereocenters. The van der Waals surface area contributed by atoms with Crippen molar-refractivity contribution in [3.8, 4) is 11.1 Å². The third-order valence-electron chi connectivity index (χ3n) is 2.23. The molecule has 0 aliphatic rings. The van der Waals surface area contributed by atoms with Crippen LogP contribution in [-0.2, 0) is 0 Å². The number of benzene rings is 1. The van der Waals surface area contributed by atoms with E-state index < -0.39 is 0 Å². The van der Waals surface area contributed by atoms with Crippen LogP contribution in [0.4, 0.5) is 0 Å². The third kappa shape index (κ3) is 1.91. The molecule has 80 valence electrons. The Balaban J connectivity index is 2.25. The summed E-state index contributed by atoms with van der Waals surface area (Å²) in [5.74, 6) is 0. The molecule has 0 amide bonds. The van der Waals surface area contributed by atoms with E-state index >= 15 is 0 Å². The minimum absolute atomic E-state index is 1.01. The first-order valence-corrected chi connectivity index (χ1v) is 8.22. The quantitative estimate of drug-likeness (QED) is 0.474. The van der Waals surface area contributed by atoms with Crippen molar-refractivity contribution in [2.24, 2.45) is 0 Å². The molecule has 0 radical (unpaired) electrons. The zero-order valence-corrected chi connectivity index (χ0v) is 12.7. The van der Waals surface area contributed by atoms with Gasteiger partial charge in [0, 0.05) is 15.4 Å². The summed E-state index contributed by atoms with van der Waals surface area (Å²) in [6, 6.07) is 8.42. The molecule has 0 aliphatic heterocycles. The van der Waals surface area contributed by atoms with E-state index in [1.807, 2.05) is 0 Å². The molecule has 5 heteroatoms. The fourth-order valence-electron chi connectivity index (χ4n) is 1.50. The van der Waals surface area contributed by atoms with E-state index in [4.69, 9.17) is 12.2 Å². The molecule has 0 spiro atoms. The molecule has 0 N–H and O–H groups in total. The van der Waals surface area contributed by atoms with E-state index in [1.165, 1.54) is 19.8 Å². The lowest BCUT2D eigenvalue weighted by molar-refractivity contribution is 1.64. The first kappa shape index (κ1) is 11.0. The Morgan fingerprint density at radius 2 is 1.81 bits per heavy atom. The highest BCUT2D eigenvalue weighted by Crippen LogP contribution is 2.41. The predicted octanol–water partition coefficient (Wildman–Crippen LogP) is 6.18. The van der Waals surface area contributed by atoms with E-state index in [0.29, 0.717) is 0 Å². The van der Waals surface area contributed by atoms with Gasteiger partial charge in [0.25, 0.3) is 0 Å². The number of rotatable bonds is 1. The second-order valence-electron chi connectivity index (χ2n) is 3.23. The van der Waals surface area contributed by atoms with Crippen molar-refractivity contribution in [2.75, 3.05) is 0 Å². The molecule has 0 saturated carbocycles. The first-order valence-electron chi connectivity index (χ1n) is 4.51. The molecule has 3 aromatic rings. The second kappa shape index (κ2) is 4.31. The van der Waals surface area contributed by atoms with Crippen LogP contribution in [-0.4, -0.2) is 0 Å². The summed E-state index contributed by atoms with van der Waals surface area (Å²) in [6.45, 7) is 0. The standard InChI is InChI=1S/C11H5BrS4/c12-7-3-1-6(2-4-7)8-5-14-10-9(8)15-11(13)16-10/h1-5H. The number of halogens is 1. The molecule has 1 aromatic carbocycles. The SMILES string of the molecule is S=c1sc2scc(-c3ccc(Br)cc3)c2s1. The van der Waals surface area contributed by atoms with Crippen molar-refractivity contribution in [1.29, 1.82) is 0 Å². The zero-order chi connectivity index (χ0) is 11.1. The van der Waals surface area contributed by atoms with Gasteiger partial charge in [0.2, 0.25) is 0 Å². The lowest BCUT2D eigenvalue weighted by Crippen LogP contribution is -1.72. The summed E-state index contributed by atoms with van der Waals surface area (Å²) < 4.78 is 4.80. The summed E-state index contributed by atoms with van der Waals surface area (Å²) in [6.07, 6.45) is 0. The fraction of sp³-hybridized carbons (Fsp3) is 0. The largest absolute Gasteiger partial charge is 0.145 e. The Bertz CT molecular complexity index is 687. The average molecular weight is 345 g/mol. The van der Waals surface area contributed by atoms with Crippen LogP contribution in [0.1, 0.15) is 0 Å². The maximum Gasteiger partial charge on any atom is 0.145 e. The van der Waals surface area contributed by atoms with Crippen molar-refractivity contribution in [2.45, 2.75) is 0 Å². The van der Waals surface area contributed by atoms with Crippen molar-refractivity contribution in [3.05, 3.63) is 37.3 Å². The van der Waals surface area contributed by atoms with Crippen molar-refractivity contribution in [1.82, 2.24) is 0 Å². The van der Waals surface area contributed by atoms with E-state index in [0.717, 1.165) is 7.61 Å². The van der Waals surface area contributed by atoms with Crippen LogP contribution < -0.4 is 0 Å². The number of hydrogen-bond donors (Lipinski definition) is 0. The lowest BCUT2D eigenvalue weighted by Gasteiger charge is -1.97. The molecule has 0 aliphatic carbocycles. The van der Waals surface area contributed by atoms with Crippen LogP contribution in [0.5, 0.6) is 0 Å². The van der Waals surface area contributed by atoms with E-state index in [9.17, 15) is 0 Å². The molecule has 0 saturated heterocycles. The van der Waals surface area contributed by atoms with Crippen LogP contribution in [0, 0.1) is 3.14 Å². The second-order valence-corrected chi connectivity index (χ2v) is 8.51. The minimum Gasteiger partial charge on any atom is -0.131 e. The van der Waals surface area contributed by atoms with Gasteiger partial charge in [0.05, 0.1) is 8.71 Å². The van der Waals surface area contributed by atoms with Crippen LogP contribution >= 0.6 is 62.2 Å². The predicted molar refractivity (Wildman–Crippen MR) is 81.5 cm³/mol. The summed E-state index contributed by atoms with van der Waals surface area (Å²) in [5, 5.41) is 2.22. The van der Waals surface area contributed by atoms with E-state index in [2.05, 4.69) is 45.6 Å². The van der Waals surface area contributed by atoms with Crippen LogP contribution in [0.25, 0.3) is 19.8 Å². The molecule has 0 atom stereocenters.